The monoisotopic (exact) mass is 193 g/mol. The summed E-state index contributed by atoms with van der Waals surface area (Å²) >= 11 is 0. The first kappa shape index (κ1) is 11.1. The van der Waals surface area contributed by atoms with Crippen LogP contribution in [-0.4, -0.2) is 22.6 Å². The fourth-order valence-corrected chi connectivity index (χ4v) is 1.32. The molecule has 1 aromatic rings. The number of aromatic nitrogens is 2. The molecule has 1 aromatic heterocycles. The van der Waals surface area contributed by atoms with Crippen molar-refractivity contribution >= 4 is 0 Å². The van der Waals surface area contributed by atoms with Gasteiger partial charge in [0.15, 0.2) is 0 Å². The van der Waals surface area contributed by atoms with E-state index in [1.165, 1.54) is 6.42 Å². The van der Waals surface area contributed by atoms with Gasteiger partial charge < -0.3 is 5.32 Å². The minimum absolute atomic E-state index is 0.567. The third-order valence-corrected chi connectivity index (χ3v) is 2.19. The molecule has 1 N–H and O–H groups in total. The maximum Gasteiger partial charge on any atom is 0.0587 e. The van der Waals surface area contributed by atoms with Gasteiger partial charge in [-0.1, -0.05) is 6.92 Å². The van der Waals surface area contributed by atoms with Gasteiger partial charge in [-0.25, -0.2) is 0 Å². The van der Waals surface area contributed by atoms with E-state index in [2.05, 4.69) is 29.1 Å². The summed E-state index contributed by atoms with van der Waals surface area (Å²) in [6.07, 6.45) is 8.62. The molecule has 0 aliphatic carbocycles. The SMILES string of the molecule is CCCNC(C)CCc1cnccn1. The fourth-order valence-electron chi connectivity index (χ4n) is 1.32. The minimum atomic E-state index is 0.567. The summed E-state index contributed by atoms with van der Waals surface area (Å²) in [6, 6.07) is 0.567. The summed E-state index contributed by atoms with van der Waals surface area (Å²) in [5.74, 6) is 0. The smallest absolute Gasteiger partial charge is 0.0587 e. The molecule has 0 spiro atoms. The van der Waals surface area contributed by atoms with Crippen molar-refractivity contribution in [3.63, 3.8) is 0 Å². The van der Waals surface area contributed by atoms with Gasteiger partial charge in [0, 0.05) is 24.6 Å². The molecule has 0 fully saturated rings. The lowest BCUT2D eigenvalue weighted by molar-refractivity contribution is 0.511. The Labute approximate surface area is 86.0 Å². The molecule has 0 saturated heterocycles. The van der Waals surface area contributed by atoms with Crippen LogP contribution in [0.4, 0.5) is 0 Å². The largest absolute Gasteiger partial charge is 0.314 e. The molecule has 0 aliphatic heterocycles. The van der Waals surface area contributed by atoms with Gasteiger partial charge in [0.05, 0.1) is 5.69 Å². The second kappa shape index (κ2) is 6.49. The normalized spacial score (nSPS) is 12.7. The molecule has 1 unspecified atom stereocenters. The quantitative estimate of drug-likeness (QED) is 0.748. The van der Waals surface area contributed by atoms with Crippen molar-refractivity contribution in [2.45, 2.75) is 39.2 Å². The van der Waals surface area contributed by atoms with Gasteiger partial charge in [-0.3, -0.25) is 9.97 Å². The highest BCUT2D eigenvalue weighted by atomic mass is 14.9. The molecule has 78 valence electrons. The zero-order chi connectivity index (χ0) is 10.2. The molecule has 1 heterocycles. The van der Waals surface area contributed by atoms with E-state index in [1.807, 2.05) is 6.20 Å². The van der Waals surface area contributed by atoms with Crippen LogP contribution in [0.1, 0.15) is 32.4 Å². The van der Waals surface area contributed by atoms with E-state index in [4.69, 9.17) is 0 Å². The molecule has 1 atom stereocenters. The summed E-state index contributed by atoms with van der Waals surface area (Å²) in [7, 11) is 0. The molecule has 14 heavy (non-hydrogen) atoms. The molecule has 1 rings (SSSR count). The van der Waals surface area contributed by atoms with Crippen LogP contribution >= 0.6 is 0 Å². The van der Waals surface area contributed by atoms with Gasteiger partial charge in [-0.05, 0) is 32.7 Å². The van der Waals surface area contributed by atoms with E-state index in [1.54, 1.807) is 12.4 Å². The van der Waals surface area contributed by atoms with Crippen LogP contribution in [-0.2, 0) is 6.42 Å². The maximum atomic E-state index is 4.24. The lowest BCUT2D eigenvalue weighted by atomic mass is 10.1. The standard InChI is InChI=1S/C11H19N3/c1-3-6-13-10(2)4-5-11-9-12-7-8-14-11/h7-10,13H,3-6H2,1-2H3. The molecule has 0 aliphatic rings. The fraction of sp³-hybridized carbons (Fsp3) is 0.636. The van der Waals surface area contributed by atoms with Crippen LogP contribution in [0.25, 0.3) is 0 Å². The number of aryl methyl sites for hydroxylation is 1. The number of nitrogens with zero attached hydrogens (tertiary/aromatic N) is 2. The van der Waals surface area contributed by atoms with E-state index < -0.39 is 0 Å². The maximum absolute atomic E-state index is 4.24. The summed E-state index contributed by atoms with van der Waals surface area (Å²) < 4.78 is 0. The average molecular weight is 193 g/mol. The van der Waals surface area contributed by atoms with Crippen LogP contribution in [0.2, 0.25) is 0 Å². The van der Waals surface area contributed by atoms with Crippen molar-refractivity contribution in [1.29, 1.82) is 0 Å². The summed E-state index contributed by atoms with van der Waals surface area (Å²) in [4.78, 5) is 8.28. The topological polar surface area (TPSA) is 37.8 Å². The third-order valence-electron chi connectivity index (χ3n) is 2.19. The highest BCUT2D eigenvalue weighted by molar-refractivity contribution is 4.94. The lowest BCUT2D eigenvalue weighted by Crippen LogP contribution is -2.27. The zero-order valence-corrected chi connectivity index (χ0v) is 9.03. The second-order valence-corrected chi connectivity index (χ2v) is 3.59. The van der Waals surface area contributed by atoms with E-state index in [-0.39, 0.29) is 0 Å². The van der Waals surface area contributed by atoms with E-state index in [0.29, 0.717) is 6.04 Å². The minimum Gasteiger partial charge on any atom is -0.314 e. The van der Waals surface area contributed by atoms with Gasteiger partial charge in [0.2, 0.25) is 0 Å². The van der Waals surface area contributed by atoms with Crippen LogP contribution in [0.5, 0.6) is 0 Å². The van der Waals surface area contributed by atoms with Crippen LogP contribution in [0, 0.1) is 0 Å². The molecular formula is C11H19N3. The predicted octanol–water partition coefficient (Wildman–Crippen LogP) is 1.80. The summed E-state index contributed by atoms with van der Waals surface area (Å²) in [6.45, 7) is 5.50. The first-order valence-electron chi connectivity index (χ1n) is 5.31. The molecule has 0 amide bonds. The Morgan fingerprint density at radius 3 is 2.93 bits per heavy atom. The van der Waals surface area contributed by atoms with Gasteiger partial charge in [0.1, 0.15) is 0 Å². The van der Waals surface area contributed by atoms with E-state index in [0.717, 1.165) is 25.1 Å². The Hall–Kier alpha value is -0.960. The third kappa shape index (κ3) is 4.33. The van der Waals surface area contributed by atoms with E-state index >= 15 is 0 Å². The molecular weight excluding hydrogens is 174 g/mol. The summed E-state index contributed by atoms with van der Waals surface area (Å²) in [5, 5.41) is 3.45. The number of rotatable bonds is 6. The van der Waals surface area contributed by atoms with Crippen molar-refractivity contribution in [3.05, 3.63) is 24.3 Å². The van der Waals surface area contributed by atoms with Crippen molar-refractivity contribution in [2.24, 2.45) is 0 Å². The Bertz CT molecular complexity index is 236. The van der Waals surface area contributed by atoms with Crippen LogP contribution in [0.3, 0.4) is 0 Å². The molecule has 0 aromatic carbocycles. The Balaban J connectivity index is 2.20. The van der Waals surface area contributed by atoms with E-state index in [9.17, 15) is 0 Å². The Kier molecular flexibility index (Phi) is 5.15. The molecule has 3 heteroatoms. The number of hydrogen-bond donors (Lipinski definition) is 1. The lowest BCUT2D eigenvalue weighted by Gasteiger charge is -2.11. The van der Waals surface area contributed by atoms with Gasteiger partial charge in [0.25, 0.3) is 0 Å². The van der Waals surface area contributed by atoms with Crippen molar-refractivity contribution in [3.8, 4) is 0 Å². The highest BCUT2D eigenvalue weighted by Gasteiger charge is 2.01. The summed E-state index contributed by atoms with van der Waals surface area (Å²) in [5.41, 5.74) is 1.08. The van der Waals surface area contributed by atoms with Gasteiger partial charge in [-0.2, -0.15) is 0 Å². The van der Waals surface area contributed by atoms with Gasteiger partial charge in [-0.15, -0.1) is 0 Å². The Morgan fingerprint density at radius 1 is 1.43 bits per heavy atom. The zero-order valence-electron chi connectivity index (χ0n) is 9.03. The second-order valence-electron chi connectivity index (χ2n) is 3.59. The van der Waals surface area contributed by atoms with Crippen molar-refractivity contribution in [2.75, 3.05) is 6.54 Å². The highest BCUT2D eigenvalue weighted by Crippen LogP contribution is 2.00. The first-order chi connectivity index (χ1) is 6.83. The number of nitrogens with one attached hydrogen (secondary N) is 1. The molecule has 0 saturated carbocycles. The predicted molar refractivity (Wildman–Crippen MR) is 58.1 cm³/mol. The van der Waals surface area contributed by atoms with Crippen molar-refractivity contribution < 1.29 is 0 Å². The van der Waals surface area contributed by atoms with Crippen LogP contribution < -0.4 is 5.32 Å². The van der Waals surface area contributed by atoms with Gasteiger partial charge >= 0.3 is 0 Å². The molecule has 0 bridgehead atoms. The Morgan fingerprint density at radius 2 is 2.29 bits per heavy atom. The average Bonchev–Trinajstić information content (AvgIpc) is 2.25. The molecule has 0 radical (unpaired) electrons. The number of hydrogen-bond acceptors (Lipinski definition) is 3. The van der Waals surface area contributed by atoms with Crippen molar-refractivity contribution in [1.82, 2.24) is 15.3 Å². The first-order valence-corrected chi connectivity index (χ1v) is 5.31. The molecule has 3 nitrogen and oxygen atoms in total. The van der Waals surface area contributed by atoms with Crippen LogP contribution in [0.15, 0.2) is 18.6 Å².